The quantitative estimate of drug-likeness (QED) is 0.0266. The number of thioether (sulfide) groups is 1. The highest BCUT2D eigenvalue weighted by molar-refractivity contribution is 7.98. The van der Waals surface area contributed by atoms with E-state index in [4.69, 9.17) is 26.5 Å². The predicted molar refractivity (Wildman–Crippen MR) is 551 cm³/mol. The lowest BCUT2D eigenvalue weighted by atomic mass is 10.0. The number of pyridine rings is 12. The van der Waals surface area contributed by atoms with Crippen LogP contribution in [0.2, 0.25) is 0 Å². The van der Waals surface area contributed by atoms with Crippen molar-refractivity contribution < 1.29 is 52.8 Å². The number of aliphatic hydroxyl groups is 4. The Hall–Kier alpha value is -16.2. The number of nitrogens with zero attached hydrogens (tertiary/aromatic N) is 21. The van der Waals surface area contributed by atoms with Gasteiger partial charge in [-0.1, -0.05) is 12.6 Å². The molecule has 4 fully saturated rings. The van der Waals surface area contributed by atoms with Gasteiger partial charge in [0, 0.05) is 161 Å². The van der Waals surface area contributed by atoms with Gasteiger partial charge in [0.2, 0.25) is 0 Å². The maximum absolute atomic E-state index is 13.2. The van der Waals surface area contributed by atoms with Gasteiger partial charge in [-0.2, -0.15) is 0 Å². The molecule has 16 aromatic heterocycles. The zero-order valence-electron chi connectivity index (χ0n) is 82.3. The molecule has 44 nitrogen and oxygen atoms in total. The number of fused-ring (bicyclic) bond motifs is 12. The highest BCUT2D eigenvalue weighted by Crippen LogP contribution is 2.37. The van der Waals surface area contributed by atoms with Crippen molar-refractivity contribution in [3.8, 4) is 45.0 Å². The molecule has 16 aromatic rings. The number of amides is 4. The van der Waals surface area contributed by atoms with Crippen molar-refractivity contribution in [2.75, 3.05) is 64.9 Å². The van der Waals surface area contributed by atoms with Gasteiger partial charge in [-0.25, -0.2) is 57.5 Å². The van der Waals surface area contributed by atoms with Crippen molar-refractivity contribution in [3.05, 3.63) is 247 Å². The van der Waals surface area contributed by atoms with E-state index in [2.05, 4.69) is 64.7 Å². The summed E-state index contributed by atoms with van der Waals surface area (Å²) >= 11 is 1.54. The molecule has 4 aliphatic heterocycles. The number of carbonyl (C=O) groups is 5. The number of piperidine rings is 4. The average molecular weight is 2050 g/mol. The first-order valence-corrected chi connectivity index (χ1v) is 50.6. The van der Waals surface area contributed by atoms with E-state index in [9.17, 15) is 91.2 Å². The Morgan fingerprint density at radius 1 is 0.372 bits per heavy atom. The minimum absolute atomic E-state index is 0.0186. The molecule has 148 heavy (non-hydrogen) atoms. The SMILES string of the molecule is CC(=O)Cc1ccc(-c2ccc3ncc4c(=O)[nH]c(=O)n(C5CCN(C(=O)C(C)(C)O)CC5)c4c3n2)cn1.CC(C)(O)C(=O)N1CCC(n2c(=O)[nH]c(=O)c3cnc4ccc(-c5ccc(S(C)(=O)=O)nc5)nc4c32)CC1.CSc1ccc(-c2ccc3ncc4c(=O)[nH]c(=O)n(C5CCN(C(=O)C(C)(C)O)CC5)c4c3n2)cn1.[C-]#[N+]c1ccc(-c2ccc3ncc4c(=O)[nH]c(=O)n(C5CCN(C(=O)C(C)(C)O)CC5)c4c3n2)cn1. The van der Waals surface area contributed by atoms with Crippen LogP contribution in [0.5, 0.6) is 0 Å². The number of carbonyl (C=O) groups excluding carboxylic acids is 5. The van der Waals surface area contributed by atoms with Gasteiger partial charge < -0.3 is 44.9 Å². The van der Waals surface area contributed by atoms with Crippen molar-refractivity contribution in [1.82, 2.24) is 118 Å². The Labute approximate surface area is 844 Å². The Morgan fingerprint density at radius 3 is 0.865 bits per heavy atom. The summed E-state index contributed by atoms with van der Waals surface area (Å²) in [6.07, 6.45) is 19.1. The molecule has 0 radical (unpaired) electrons. The second-order valence-electron chi connectivity index (χ2n) is 38.9. The molecule has 4 amide bonds. The number of nitrogens with one attached hydrogen (secondary N) is 4. The fourth-order valence-corrected chi connectivity index (χ4v) is 19.9. The van der Waals surface area contributed by atoms with Crippen LogP contribution >= 0.6 is 11.8 Å². The van der Waals surface area contributed by atoms with Crippen LogP contribution in [0, 0.1) is 6.57 Å². The molecular formula is C102H103N25O19S2. The van der Waals surface area contributed by atoms with Gasteiger partial charge in [0.05, 0.1) is 93.5 Å². The monoisotopic (exact) mass is 2050 g/mol. The third-order valence-corrected chi connectivity index (χ3v) is 28.0. The number of rotatable bonds is 16. The molecule has 8 N–H and O–H groups in total. The first kappa shape index (κ1) is 103. The Morgan fingerprint density at radius 2 is 0.642 bits per heavy atom. The number of hydrogen-bond donors (Lipinski definition) is 8. The summed E-state index contributed by atoms with van der Waals surface area (Å²) in [6, 6.07) is 26.7. The van der Waals surface area contributed by atoms with E-state index in [1.165, 1.54) is 104 Å². The van der Waals surface area contributed by atoms with Crippen molar-refractivity contribution in [3.63, 3.8) is 0 Å². The van der Waals surface area contributed by atoms with Crippen molar-refractivity contribution in [2.45, 2.75) is 177 Å². The molecule has 4 saturated heterocycles. The second-order valence-corrected chi connectivity index (χ2v) is 41.7. The number of aromatic amines is 4. The van der Waals surface area contributed by atoms with Crippen LogP contribution in [-0.2, 0) is 40.2 Å². The number of likely N-dealkylation sites (tertiary alicyclic amines) is 4. The normalized spacial score (nSPS) is 15.0. The van der Waals surface area contributed by atoms with Gasteiger partial charge in [0.15, 0.2) is 14.9 Å². The Balaban J connectivity index is 0.000000135. The summed E-state index contributed by atoms with van der Waals surface area (Å²) in [4.78, 5) is 238. The summed E-state index contributed by atoms with van der Waals surface area (Å²) < 4.78 is 29.7. The van der Waals surface area contributed by atoms with Gasteiger partial charge in [0.1, 0.15) is 56.5 Å². The van der Waals surface area contributed by atoms with E-state index in [0.717, 1.165) is 16.8 Å². The van der Waals surface area contributed by atoms with Crippen LogP contribution in [0.3, 0.4) is 0 Å². The summed E-state index contributed by atoms with van der Waals surface area (Å²) in [7, 11) is -3.47. The van der Waals surface area contributed by atoms with Crippen LogP contribution in [-0.4, -0.2) is 263 Å². The molecule has 46 heteroatoms. The van der Waals surface area contributed by atoms with E-state index in [0.29, 0.717) is 215 Å². The standard InChI is InChI=1S/C27H28N6O5.C25H23N7O4.C25H26N6O6S.C25H26N6O4S/c1-15(34)12-17-5-4-16(13-28-17)20-6-7-21-22(30-20)23-19(14-29-21)24(35)31-26(37)33(23)18-8-10-32(11-9-18)25(36)27(2,3)38;1-25(2,36)23(34)31-10-8-15(9-11-31)32-21-16(22(33)30-24(32)35)13-27-18-6-5-17(29-20(18)21)14-4-7-19(26-3)28-12-14;1-25(2,35)23(33)30-10-8-15(9-11-30)31-21-16(22(32)29-24(31)34)13-26-18-6-5-17(28-20(18)21)14-4-7-19(27-12-14)38(3,36)37;1-25(2,35)23(33)30-10-8-15(9-11-30)31-21-16(22(32)29-24(31)34)13-26-18-6-5-17(28-20(18)21)14-4-7-19(36-3)27-12-14/h4-7,13-14,18,38H,8-12H2,1-3H3,(H,31,35,37);4-7,12-13,15,36H,8-11H2,1-2H3,(H,30,33,35);4-7,12-13,15,35H,8-11H2,1-3H3,(H,29,32,34);4-7,12-13,15,35H,8-11H2,1-3H3,(H,29,32,34). The van der Waals surface area contributed by atoms with Crippen LogP contribution in [0.25, 0.3) is 138 Å². The summed E-state index contributed by atoms with van der Waals surface area (Å²) in [5, 5.41) is 42.2. The molecular weight excluding hydrogens is 1940 g/mol. The fraction of sp³-hybridized carbons (Fsp3) is 0.353. The fourth-order valence-electron chi connectivity index (χ4n) is 19.0. The maximum Gasteiger partial charge on any atom is 0.329 e. The Kier molecular flexibility index (Phi) is 28.6. The lowest BCUT2D eigenvalue weighted by Crippen LogP contribution is -2.49. The van der Waals surface area contributed by atoms with Crippen LogP contribution in [0.4, 0.5) is 5.82 Å². The van der Waals surface area contributed by atoms with Crippen LogP contribution in [0.15, 0.2) is 195 Å². The average Bonchev–Trinajstić information content (AvgIpc) is 0.751. The summed E-state index contributed by atoms with van der Waals surface area (Å²) in [5.41, 5.74) is 0.551. The highest BCUT2D eigenvalue weighted by Gasteiger charge is 2.40. The third kappa shape index (κ3) is 21.3. The molecule has 0 atom stereocenters. The minimum Gasteiger partial charge on any atom is -0.381 e. The molecule has 0 aromatic carbocycles. The molecule has 0 spiro atoms. The molecule has 20 heterocycles. The zero-order valence-corrected chi connectivity index (χ0v) is 83.9. The van der Waals surface area contributed by atoms with E-state index in [1.54, 1.807) is 124 Å². The molecule has 4 aliphatic rings. The largest absolute Gasteiger partial charge is 0.381 e. The number of ketones is 1. The van der Waals surface area contributed by atoms with Gasteiger partial charge in [0.25, 0.3) is 51.7 Å². The molecule has 0 aliphatic carbocycles. The number of hydrogen-bond acceptors (Lipinski definition) is 32. The van der Waals surface area contributed by atoms with Crippen LogP contribution < -0.4 is 45.0 Å². The topological polar surface area (TPSA) is 592 Å². The zero-order chi connectivity index (χ0) is 106. The predicted octanol–water partition coefficient (Wildman–Crippen LogP) is 7.33. The van der Waals surface area contributed by atoms with Gasteiger partial charge in [-0.05, 0) is 211 Å². The number of Topliss-reactive ketones (excluding diaryl/α,β-unsaturated/α-hetero) is 1. The van der Waals surface area contributed by atoms with E-state index in [1.807, 2.05) is 36.6 Å². The first-order valence-electron chi connectivity index (χ1n) is 47.5. The minimum atomic E-state index is -3.47. The van der Waals surface area contributed by atoms with Crippen molar-refractivity contribution in [1.29, 1.82) is 0 Å². The van der Waals surface area contributed by atoms with Gasteiger partial charge in [-0.15, -0.1) is 16.7 Å². The molecule has 762 valence electrons. The Bertz CT molecular complexity index is 8730. The van der Waals surface area contributed by atoms with Crippen molar-refractivity contribution in [2.24, 2.45) is 0 Å². The van der Waals surface area contributed by atoms with E-state index < -0.39 is 77.2 Å². The summed E-state index contributed by atoms with van der Waals surface area (Å²) in [5.74, 6) is -1.17. The lowest BCUT2D eigenvalue weighted by molar-refractivity contribution is -0.149. The second kappa shape index (κ2) is 41.0. The van der Waals surface area contributed by atoms with E-state index >= 15 is 0 Å². The van der Waals surface area contributed by atoms with Gasteiger partial charge in [-0.3, -0.25) is 106 Å². The first-order chi connectivity index (χ1) is 70.2. The van der Waals surface area contributed by atoms with Crippen molar-refractivity contribution >= 4 is 145 Å². The maximum atomic E-state index is 13.2. The highest BCUT2D eigenvalue weighted by atomic mass is 32.2. The molecule has 0 saturated carbocycles. The molecule has 0 bridgehead atoms. The smallest absolute Gasteiger partial charge is 0.329 e. The molecule has 20 rings (SSSR count). The number of aromatic nitrogens is 20. The van der Waals surface area contributed by atoms with Crippen LogP contribution in [0.1, 0.15) is 144 Å². The van der Waals surface area contributed by atoms with Gasteiger partial charge >= 0.3 is 22.8 Å². The third-order valence-electron chi connectivity index (χ3n) is 26.4. The number of H-pyrrole nitrogens is 4. The summed E-state index contributed by atoms with van der Waals surface area (Å²) in [6.45, 7) is 23.1. The lowest BCUT2D eigenvalue weighted by Gasteiger charge is -2.36. The van der Waals surface area contributed by atoms with E-state index in [-0.39, 0.29) is 92.4 Å². The molecule has 0 unspecified atom stereocenters. The number of sulfone groups is 1.